The Balaban J connectivity index is 2.59. The van der Waals surface area contributed by atoms with Gasteiger partial charge in [0.15, 0.2) is 0 Å². The zero-order valence-electron chi connectivity index (χ0n) is 13.5. The summed E-state index contributed by atoms with van der Waals surface area (Å²) >= 11 is 0. The Hall–Kier alpha value is -0.610. The summed E-state index contributed by atoms with van der Waals surface area (Å²) in [5, 5.41) is 3.48. The van der Waals surface area contributed by atoms with Gasteiger partial charge in [-0.05, 0) is 45.4 Å². The average Bonchev–Trinajstić information content (AvgIpc) is 2.81. The molecule has 4 heteroatoms. The molecule has 0 aromatic rings. The lowest BCUT2D eigenvalue weighted by Crippen LogP contribution is -2.57. The minimum Gasteiger partial charge on any atom is -0.468 e. The van der Waals surface area contributed by atoms with Crippen LogP contribution in [0.5, 0.6) is 0 Å². The molecule has 0 heterocycles. The smallest absolute Gasteiger partial charge is 0.326 e. The Kier molecular flexibility index (Phi) is 7.52. The molecule has 0 aromatic carbocycles. The lowest BCUT2D eigenvalue weighted by atomic mass is 9.84. The van der Waals surface area contributed by atoms with Crippen molar-refractivity contribution >= 4 is 5.97 Å². The van der Waals surface area contributed by atoms with Gasteiger partial charge in [0.2, 0.25) is 0 Å². The zero-order valence-corrected chi connectivity index (χ0v) is 13.5. The number of esters is 1. The maximum atomic E-state index is 12.3. The van der Waals surface area contributed by atoms with Crippen molar-refractivity contribution in [2.45, 2.75) is 70.9 Å². The van der Waals surface area contributed by atoms with Crippen LogP contribution >= 0.6 is 0 Å². The summed E-state index contributed by atoms with van der Waals surface area (Å²) in [7, 11) is 1.49. The third-order valence-electron chi connectivity index (χ3n) is 4.17. The molecule has 20 heavy (non-hydrogen) atoms. The number of ether oxygens (including phenoxy) is 2. The van der Waals surface area contributed by atoms with E-state index in [1.807, 2.05) is 0 Å². The van der Waals surface area contributed by atoms with Crippen molar-refractivity contribution in [2.24, 2.45) is 5.92 Å². The highest BCUT2D eigenvalue weighted by Crippen LogP contribution is 2.39. The SMILES string of the molecule is CCCCOCCC1CCCC1(NC(C)C)C(=O)OC. The van der Waals surface area contributed by atoms with Crippen LogP contribution in [0, 0.1) is 5.92 Å². The van der Waals surface area contributed by atoms with Gasteiger partial charge in [0.1, 0.15) is 5.54 Å². The van der Waals surface area contributed by atoms with Crippen molar-refractivity contribution in [2.75, 3.05) is 20.3 Å². The Morgan fingerprint density at radius 3 is 2.75 bits per heavy atom. The molecule has 0 radical (unpaired) electrons. The normalized spacial score (nSPS) is 26.1. The summed E-state index contributed by atoms with van der Waals surface area (Å²) in [4.78, 5) is 12.3. The number of carbonyl (C=O) groups excluding carboxylic acids is 1. The number of hydrogen-bond donors (Lipinski definition) is 1. The van der Waals surface area contributed by atoms with Crippen LogP contribution in [0.2, 0.25) is 0 Å². The molecule has 1 rings (SSSR count). The quantitative estimate of drug-likeness (QED) is 0.523. The Labute approximate surface area is 123 Å². The summed E-state index contributed by atoms with van der Waals surface area (Å²) < 4.78 is 10.7. The molecule has 1 fully saturated rings. The van der Waals surface area contributed by atoms with Gasteiger partial charge in [-0.2, -0.15) is 0 Å². The van der Waals surface area contributed by atoms with E-state index in [9.17, 15) is 4.79 Å². The van der Waals surface area contributed by atoms with Crippen molar-refractivity contribution in [3.05, 3.63) is 0 Å². The van der Waals surface area contributed by atoms with Crippen molar-refractivity contribution in [3.63, 3.8) is 0 Å². The van der Waals surface area contributed by atoms with E-state index in [1.165, 1.54) is 7.11 Å². The highest BCUT2D eigenvalue weighted by molar-refractivity contribution is 5.81. The predicted molar refractivity (Wildman–Crippen MR) is 80.7 cm³/mol. The molecule has 1 saturated carbocycles. The van der Waals surface area contributed by atoms with Gasteiger partial charge >= 0.3 is 5.97 Å². The van der Waals surface area contributed by atoms with E-state index < -0.39 is 5.54 Å². The average molecular weight is 285 g/mol. The second-order valence-electron chi connectivity index (χ2n) is 6.11. The molecule has 0 amide bonds. The number of unbranched alkanes of at least 4 members (excludes halogenated alkanes) is 1. The van der Waals surface area contributed by atoms with E-state index in [2.05, 4.69) is 26.1 Å². The van der Waals surface area contributed by atoms with Crippen molar-refractivity contribution in [1.82, 2.24) is 5.32 Å². The van der Waals surface area contributed by atoms with Crippen LogP contribution in [0.15, 0.2) is 0 Å². The minimum absolute atomic E-state index is 0.109. The summed E-state index contributed by atoms with van der Waals surface area (Å²) in [5.74, 6) is 0.209. The van der Waals surface area contributed by atoms with Crippen molar-refractivity contribution in [1.29, 1.82) is 0 Å². The summed E-state index contributed by atoms with van der Waals surface area (Å²) in [6.07, 6.45) is 6.22. The molecule has 1 N–H and O–H groups in total. The molecule has 118 valence electrons. The van der Waals surface area contributed by atoms with Gasteiger partial charge in [0.05, 0.1) is 7.11 Å². The molecule has 2 atom stereocenters. The van der Waals surface area contributed by atoms with E-state index in [1.54, 1.807) is 0 Å². The fourth-order valence-electron chi connectivity index (χ4n) is 3.26. The molecule has 0 aromatic heterocycles. The molecule has 2 unspecified atom stereocenters. The molecular formula is C16H31NO3. The Morgan fingerprint density at radius 2 is 2.15 bits per heavy atom. The maximum Gasteiger partial charge on any atom is 0.326 e. The van der Waals surface area contributed by atoms with E-state index in [0.717, 1.165) is 51.7 Å². The number of rotatable bonds is 9. The van der Waals surface area contributed by atoms with Gasteiger partial charge < -0.3 is 9.47 Å². The second kappa shape index (κ2) is 8.63. The molecule has 0 spiro atoms. The van der Waals surface area contributed by atoms with Crippen LogP contribution in [0.25, 0.3) is 0 Å². The van der Waals surface area contributed by atoms with E-state index in [4.69, 9.17) is 9.47 Å². The van der Waals surface area contributed by atoms with Gasteiger partial charge in [-0.25, -0.2) is 0 Å². The van der Waals surface area contributed by atoms with Gasteiger partial charge in [-0.1, -0.05) is 19.8 Å². The first-order valence-corrected chi connectivity index (χ1v) is 8.00. The van der Waals surface area contributed by atoms with E-state index >= 15 is 0 Å². The molecule has 0 saturated heterocycles. The van der Waals surface area contributed by atoms with Gasteiger partial charge in [-0.3, -0.25) is 10.1 Å². The minimum atomic E-state index is -0.503. The van der Waals surface area contributed by atoms with Crippen LogP contribution in [-0.2, 0) is 14.3 Å². The third kappa shape index (κ3) is 4.45. The van der Waals surface area contributed by atoms with E-state index in [0.29, 0.717) is 5.92 Å². The van der Waals surface area contributed by atoms with Gasteiger partial charge in [0.25, 0.3) is 0 Å². The largest absolute Gasteiger partial charge is 0.468 e. The molecular weight excluding hydrogens is 254 g/mol. The molecule has 1 aliphatic rings. The summed E-state index contributed by atoms with van der Waals surface area (Å²) in [6.45, 7) is 7.89. The van der Waals surface area contributed by atoms with Crippen LogP contribution in [0.3, 0.4) is 0 Å². The monoisotopic (exact) mass is 285 g/mol. The Bertz CT molecular complexity index is 293. The highest BCUT2D eigenvalue weighted by Gasteiger charge is 2.49. The second-order valence-corrected chi connectivity index (χ2v) is 6.11. The third-order valence-corrected chi connectivity index (χ3v) is 4.17. The van der Waals surface area contributed by atoms with Crippen LogP contribution in [0.4, 0.5) is 0 Å². The highest BCUT2D eigenvalue weighted by atomic mass is 16.5. The number of carbonyl (C=O) groups is 1. The van der Waals surface area contributed by atoms with Crippen LogP contribution in [-0.4, -0.2) is 37.9 Å². The fourth-order valence-corrected chi connectivity index (χ4v) is 3.26. The number of methoxy groups -OCH3 is 1. The molecule has 0 bridgehead atoms. The first kappa shape index (κ1) is 17.4. The standard InChI is InChI=1S/C16H31NO3/c1-5-6-11-20-12-9-14-8-7-10-16(14,15(18)19-4)17-13(2)3/h13-14,17H,5-12H2,1-4H3. The molecule has 1 aliphatic carbocycles. The molecule has 4 nitrogen and oxygen atoms in total. The predicted octanol–water partition coefficient (Wildman–Crippen LogP) is 2.90. The summed E-state index contributed by atoms with van der Waals surface area (Å²) in [5.41, 5.74) is -0.503. The van der Waals surface area contributed by atoms with Crippen molar-refractivity contribution < 1.29 is 14.3 Å². The maximum absolute atomic E-state index is 12.3. The Morgan fingerprint density at radius 1 is 1.40 bits per heavy atom. The first-order valence-electron chi connectivity index (χ1n) is 8.00. The first-order chi connectivity index (χ1) is 9.56. The molecule has 0 aliphatic heterocycles. The number of hydrogen-bond acceptors (Lipinski definition) is 4. The lowest BCUT2D eigenvalue weighted by molar-refractivity contribution is -0.151. The van der Waals surface area contributed by atoms with Crippen LogP contribution < -0.4 is 5.32 Å². The summed E-state index contributed by atoms with van der Waals surface area (Å²) in [6, 6.07) is 0.274. The van der Waals surface area contributed by atoms with Crippen molar-refractivity contribution in [3.8, 4) is 0 Å². The lowest BCUT2D eigenvalue weighted by Gasteiger charge is -2.35. The fraction of sp³-hybridized carbons (Fsp3) is 0.938. The van der Waals surface area contributed by atoms with Crippen LogP contribution in [0.1, 0.15) is 59.3 Å². The topological polar surface area (TPSA) is 47.6 Å². The number of nitrogens with one attached hydrogen (secondary N) is 1. The zero-order chi connectivity index (χ0) is 15.0. The van der Waals surface area contributed by atoms with Gasteiger partial charge in [-0.15, -0.1) is 0 Å². The van der Waals surface area contributed by atoms with Gasteiger partial charge in [0, 0.05) is 19.3 Å². The van der Waals surface area contributed by atoms with E-state index in [-0.39, 0.29) is 12.0 Å².